The molecule has 0 spiro atoms. The number of hydrogen-bond donors (Lipinski definition) is 1. The van der Waals surface area contributed by atoms with Crippen molar-refractivity contribution in [3.63, 3.8) is 0 Å². The van der Waals surface area contributed by atoms with Crippen LogP contribution in [0.25, 0.3) is 0 Å². The van der Waals surface area contributed by atoms with Gasteiger partial charge in [0.05, 0.1) is 6.04 Å². The van der Waals surface area contributed by atoms with Crippen molar-refractivity contribution in [1.82, 2.24) is 0 Å². The third-order valence-corrected chi connectivity index (χ3v) is 5.09. The van der Waals surface area contributed by atoms with Gasteiger partial charge in [-0.2, -0.15) is 0 Å². The van der Waals surface area contributed by atoms with E-state index in [1.54, 1.807) is 6.07 Å². The predicted octanol–water partition coefficient (Wildman–Crippen LogP) is 4.53. The molecule has 0 fully saturated rings. The molecule has 1 atom stereocenters. The molecule has 1 aliphatic heterocycles. The highest BCUT2D eigenvalue weighted by atomic mass is 127. The molecule has 6 heteroatoms. The molecule has 0 amide bonds. The highest BCUT2D eigenvalue weighted by Crippen LogP contribution is 2.39. The Kier molecular flexibility index (Phi) is 4.63. The van der Waals surface area contributed by atoms with Crippen molar-refractivity contribution in [2.24, 2.45) is 5.73 Å². The fourth-order valence-corrected chi connectivity index (χ4v) is 3.56. The Morgan fingerprint density at radius 2 is 1.76 bits per heavy atom. The molecule has 0 radical (unpaired) electrons. The van der Waals surface area contributed by atoms with Gasteiger partial charge in [-0.3, -0.25) is 0 Å². The van der Waals surface area contributed by atoms with E-state index in [0.29, 0.717) is 29.7 Å². The molecule has 1 heterocycles. The fraction of sp³-hybridized carbons (Fsp3) is 0.200. The Morgan fingerprint density at radius 1 is 1.10 bits per heavy atom. The molecular formula is C15H12BrClINO2. The van der Waals surface area contributed by atoms with Crippen LogP contribution in [0.5, 0.6) is 11.5 Å². The average molecular weight is 481 g/mol. The van der Waals surface area contributed by atoms with Crippen molar-refractivity contribution in [2.75, 3.05) is 13.2 Å². The minimum absolute atomic E-state index is 0.322. The first-order valence-electron chi connectivity index (χ1n) is 6.36. The van der Waals surface area contributed by atoms with E-state index in [1.165, 1.54) is 0 Å². The minimum atomic E-state index is -0.322. The van der Waals surface area contributed by atoms with Crippen molar-refractivity contribution in [1.29, 1.82) is 0 Å². The summed E-state index contributed by atoms with van der Waals surface area (Å²) in [4.78, 5) is 0. The van der Waals surface area contributed by atoms with Crippen LogP contribution in [0.1, 0.15) is 17.2 Å². The van der Waals surface area contributed by atoms with E-state index in [9.17, 15) is 0 Å². The van der Waals surface area contributed by atoms with Crippen LogP contribution in [0.15, 0.2) is 34.8 Å². The van der Waals surface area contributed by atoms with E-state index in [4.69, 9.17) is 26.8 Å². The van der Waals surface area contributed by atoms with Gasteiger partial charge >= 0.3 is 0 Å². The monoisotopic (exact) mass is 479 g/mol. The highest BCUT2D eigenvalue weighted by molar-refractivity contribution is 14.1. The molecule has 0 saturated carbocycles. The van der Waals surface area contributed by atoms with Crippen LogP contribution >= 0.6 is 50.1 Å². The summed E-state index contributed by atoms with van der Waals surface area (Å²) in [5, 5.41) is 0.586. The van der Waals surface area contributed by atoms with Crippen LogP contribution in [-0.2, 0) is 0 Å². The molecule has 2 aromatic rings. The molecule has 1 unspecified atom stereocenters. The van der Waals surface area contributed by atoms with Gasteiger partial charge in [0.15, 0.2) is 11.5 Å². The van der Waals surface area contributed by atoms with Crippen molar-refractivity contribution >= 4 is 50.1 Å². The van der Waals surface area contributed by atoms with Gasteiger partial charge in [-0.05, 0) is 58.0 Å². The van der Waals surface area contributed by atoms with Crippen molar-refractivity contribution < 1.29 is 9.47 Å². The Labute approximate surface area is 150 Å². The number of rotatable bonds is 2. The molecule has 0 bridgehead atoms. The number of halogens is 3. The number of ether oxygens (including phenoxy) is 2. The van der Waals surface area contributed by atoms with Gasteiger partial charge < -0.3 is 15.2 Å². The van der Waals surface area contributed by atoms with Gasteiger partial charge in [-0.1, -0.05) is 27.5 Å². The number of hydrogen-bond acceptors (Lipinski definition) is 3. The van der Waals surface area contributed by atoms with Gasteiger partial charge in [0, 0.05) is 19.1 Å². The lowest BCUT2D eigenvalue weighted by Gasteiger charge is -2.22. The first kappa shape index (κ1) is 15.4. The maximum atomic E-state index is 6.41. The third-order valence-electron chi connectivity index (χ3n) is 3.29. The predicted molar refractivity (Wildman–Crippen MR) is 95.3 cm³/mol. The molecule has 3 nitrogen and oxygen atoms in total. The van der Waals surface area contributed by atoms with E-state index in [0.717, 1.165) is 19.2 Å². The van der Waals surface area contributed by atoms with Crippen LogP contribution in [0.2, 0.25) is 5.02 Å². The first-order valence-corrected chi connectivity index (χ1v) is 8.61. The van der Waals surface area contributed by atoms with Crippen molar-refractivity contribution in [3.05, 3.63) is 54.5 Å². The van der Waals surface area contributed by atoms with Gasteiger partial charge in [0.1, 0.15) is 13.2 Å². The summed E-state index contributed by atoms with van der Waals surface area (Å²) in [6, 6.07) is 9.35. The normalized spacial score (nSPS) is 14.9. The Bertz CT molecular complexity index is 696. The van der Waals surface area contributed by atoms with Gasteiger partial charge in [-0.15, -0.1) is 0 Å². The summed E-state index contributed by atoms with van der Waals surface area (Å²) in [7, 11) is 0. The SMILES string of the molecule is NC(c1cc2c(cc1Cl)OCCO2)c1cc(Br)ccc1I. The van der Waals surface area contributed by atoms with Crippen molar-refractivity contribution in [2.45, 2.75) is 6.04 Å². The van der Waals surface area contributed by atoms with Crippen LogP contribution in [0.3, 0.4) is 0 Å². The van der Waals surface area contributed by atoms with E-state index in [2.05, 4.69) is 38.5 Å². The lowest BCUT2D eigenvalue weighted by Crippen LogP contribution is -2.18. The molecule has 3 rings (SSSR count). The maximum Gasteiger partial charge on any atom is 0.162 e. The van der Waals surface area contributed by atoms with Crippen LogP contribution < -0.4 is 15.2 Å². The van der Waals surface area contributed by atoms with Crippen LogP contribution in [-0.4, -0.2) is 13.2 Å². The lowest BCUT2D eigenvalue weighted by atomic mass is 9.99. The maximum absolute atomic E-state index is 6.41. The summed E-state index contributed by atoms with van der Waals surface area (Å²) >= 11 is 12.1. The average Bonchev–Trinajstić information content (AvgIpc) is 2.48. The summed E-state index contributed by atoms with van der Waals surface area (Å²) in [6.45, 7) is 1.08. The Morgan fingerprint density at radius 3 is 2.48 bits per heavy atom. The minimum Gasteiger partial charge on any atom is -0.486 e. The molecule has 2 N–H and O–H groups in total. The van der Waals surface area contributed by atoms with Crippen LogP contribution in [0, 0.1) is 3.57 Å². The quantitative estimate of drug-likeness (QED) is 0.643. The Balaban J connectivity index is 2.05. The summed E-state index contributed by atoms with van der Waals surface area (Å²) in [5.41, 5.74) is 8.26. The molecule has 0 aliphatic carbocycles. The van der Waals surface area contributed by atoms with E-state index in [-0.39, 0.29) is 6.04 Å². The highest BCUT2D eigenvalue weighted by Gasteiger charge is 2.21. The Hall–Kier alpha value is -0.500. The first-order chi connectivity index (χ1) is 10.1. The third kappa shape index (κ3) is 3.16. The molecule has 110 valence electrons. The summed E-state index contributed by atoms with van der Waals surface area (Å²) in [5.74, 6) is 1.37. The van der Waals surface area contributed by atoms with Crippen LogP contribution in [0.4, 0.5) is 0 Å². The van der Waals surface area contributed by atoms with Crippen molar-refractivity contribution in [3.8, 4) is 11.5 Å². The van der Waals surface area contributed by atoms with Gasteiger partial charge in [-0.25, -0.2) is 0 Å². The van der Waals surface area contributed by atoms with Gasteiger partial charge in [0.25, 0.3) is 0 Å². The van der Waals surface area contributed by atoms with E-state index in [1.807, 2.05) is 24.3 Å². The second kappa shape index (κ2) is 6.32. The molecule has 21 heavy (non-hydrogen) atoms. The number of fused-ring (bicyclic) bond motifs is 1. The molecule has 1 aliphatic rings. The number of nitrogens with two attached hydrogens (primary N) is 1. The second-order valence-electron chi connectivity index (χ2n) is 4.66. The largest absolute Gasteiger partial charge is 0.486 e. The molecule has 0 aromatic heterocycles. The van der Waals surface area contributed by atoms with E-state index < -0.39 is 0 Å². The molecule has 2 aromatic carbocycles. The summed E-state index contributed by atoms with van der Waals surface area (Å²) < 4.78 is 13.2. The summed E-state index contributed by atoms with van der Waals surface area (Å²) in [6.07, 6.45) is 0. The van der Waals surface area contributed by atoms with E-state index >= 15 is 0 Å². The standard InChI is InChI=1S/C15H12BrClINO2/c16-8-1-2-12(18)10(5-8)15(19)9-6-13-14(7-11(9)17)21-4-3-20-13/h1-2,5-7,15H,3-4,19H2. The zero-order valence-corrected chi connectivity index (χ0v) is 15.4. The van der Waals surface area contributed by atoms with Gasteiger partial charge in [0.2, 0.25) is 0 Å². The fourth-order valence-electron chi connectivity index (χ4n) is 2.24. The number of benzene rings is 2. The molecule has 0 saturated heterocycles. The lowest BCUT2D eigenvalue weighted by molar-refractivity contribution is 0.171. The molecular weight excluding hydrogens is 468 g/mol. The smallest absolute Gasteiger partial charge is 0.162 e. The topological polar surface area (TPSA) is 44.5 Å². The zero-order chi connectivity index (χ0) is 15.0. The zero-order valence-electron chi connectivity index (χ0n) is 10.9. The second-order valence-corrected chi connectivity index (χ2v) is 7.15.